The van der Waals surface area contributed by atoms with Crippen molar-refractivity contribution >= 4 is 27.3 Å². The molecule has 0 atom stereocenters. The van der Waals surface area contributed by atoms with Gasteiger partial charge in [-0.2, -0.15) is 0 Å². The molecule has 0 amide bonds. The Bertz CT molecular complexity index is 733. The summed E-state index contributed by atoms with van der Waals surface area (Å²) in [5, 5.41) is 0.318. The van der Waals surface area contributed by atoms with Crippen LogP contribution in [0.25, 0.3) is 0 Å². The predicted molar refractivity (Wildman–Crippen MR) is 89.9 cm³/mol. The number of halogens is 1. The molecule has 0 N–H and O–H groups in total. The van der Waals surface area contributed by atoms with Crippen molar-refractivity contribution in [2.75, 3.05) is 10.8 Å². The first-order valence-corrected chi connectivity index (χ1v) is 8.98. The van der Waals surface area contributed by atoms with Gasteiger partial charge in [-0.1, -0.05) is 43.1 Å². The summed E-state index contributed by atoms with van der Waals surface area (Å²) in [5.74, 6) is 0. The number of hydrogen-bond acceptors (Lipinski definition) is 3. The molecule has 0 saturated heterocycles. The highest BCUT2D eigenvalue weighted by Gasteiger charge is 2.25. The minimum absolute atomic E-state index is 0.161. The molecule has 0 fully saturated rings. The summed E-state index contributed by atoms with van der Waals surface area (Å²) in [6, 6.07) is 10.7. The molecule has 0 aliphatic heterocycles. The summed E-state index contributed by atoms with van der Waals surface area (Å²) in [5.41, 5.74) is 1.30. The summed E-state index contributed by atoms with van der Waals surface area (Å²) in [6.45, 7) is 4.21. The van der Waals surface area contributed by atoms with Crippen LogP contribution in [0.3, 0.4) is 0 Å². The fourth-order valence-corrected chi connectivity index (χ4v) is 3.72. The highest BCUT2D eigenvalue weighted by Crippen LogP contribution is 2.25. The molecule has 0 spiro atoms. The Kier molecular flexibility index (Phi) is 5.42. The molecule has 0 saturated carbocycles. The van der Waals surface area contributed by atoms with Crippen molar-refractivity contribution in [3.63, 3.8) is 0 Å². The molecule has 1 aromatic carbocycles. The van der Waals surface area contributed by atoms with Crippen molar-refractivity contribution in [1.82, 2.24) is 4.98 Å². The zero-order chi connectivity index (χ0) is 16.2. The van der Waals surface area contributed by atoms with Crippen molar-refractivity contribution in [1.29, 1.82) is 0 Å². The third-order valence-corrected chi connectivity index (χ3v) is 5.52. The third-order valence-electron chi connectivity index (χ3n) is 3.34. The second kappa shape index (κ2) is 7.11. The maximum absolute atomic E-state index is 12.9. The van der Waals surface area contributed by atoms with Crippen molar-refractivity contribution in [3.8, 4) is 0 Å². The molecule has 0 unspecified atom stereocenters. The lowest BCUT2D eigenvalue weighted by molar-refractivity contribution is 0.588. The third kappa shape index (κ3) is 3.59. The zero-order valence-electron chi connectivity index (χ0n) is 12.7. The van der Waals surface area contributed by atoms with E-state index in [1.807, 2.05) is 25.1 Å². The molecule has 0 aliphatic rings. The van der Waals surface area contributed by atoms with Gasteiger partial charge in [0.15, 0.2) is 0 Å². The average Bonchev–Trinajstić information content (AvgIpc) is 2.51. The highest BCUT2D eigenvalue weighted by atomic mass is 35.5. The van der Waals surface area contributed by atoms with E-state index >= 15 is 0 Å². The van der Waals surface area contributed by atoms with Gasteiger partial charge in [-0.15, -0.1) is 0 Å². The highest BCUT2D eigenvalue weighted by molar-refractivity contribution is 7.92. The van der Waals surface area contributed by atoms with Gasteiger partial charge >= 0.3 is 0 Å². The first-order chi connectivity index (χ1) is 10.5. The molecule has 2 rings (SSSR count). The molecule has 118 valence electrons. The average molecular weight is 339 g/mol. The summed E-state index contributed by atoms with van der Waals surface area (Å²) in [7, 11) is -3.65. The van der Waals surface area contributed by atoms with Crippen LogP contribution in [0.15, 0.2) is 47.5 Å². The lowest BCUT2D eigenvalue weighted by Crippen LogP contribution is -2.32. The van der Waals surface area contributed by atoms with Crippen LogP contribution in [0.4, 0.5) is 5.69 Å². The van der Waals surface area contributed by atoms with Crippen molar-refractivity contribution < 1.29 is 8.42 Å². The number of anilines is 1. The fourth-order valence-electron chi connectivity index (χ4n) is 2.08. The molecular weight excluding hydrogens is 320 g/mol. The molecule has 22 heavy (non-hydrogen) atoms. The first-order valence-electron chi connectivity index (χ1n) is 7.16. The second-order valence-electron chi connectivity index (χ2n) is 5.05. The Morgan fingerprint density at radius 1 is 1.23 bits per heavy atom. The fraction of sp³-hybridized carbons (Fsp3) is 0.312. The number of benzene rings is 1. The van der Waals surface area contributed by atoms with E-state index in [0.29, 0.717) is 22.9 Å². The number of rotatable bonds is 6. The van der Waals surface area contributed by atoms with Gasteiger partial charge in [0.1, 0.15) is 10.0 Å². The lowest BCUT2D eigenvalue weighted by Gasteiger charge is -2.24. The van der Waals surface area contributed by atoms with Crippen molar-refractivity contribution in [3.05, 3.63) is 53.3 Å². The van der Waals surface area contributed by atoms with E-state index in [1.54, 1.807) is 25.1 Å². The Morgan fingerprint density at radius 2 is 1.91 bits per heavy atom. The SMILES string of the molecule is CCCCN(c1ccccc1)S(=O)(=O)c1cnc(Cl)c(C)c1. The quantitative estimate of drug-likeness (QED) is 0.747. The summed E-state index contributed by atoms with van der Waals surface area (Å²) in [6.07, 6.45) is 3.01. The van der Waals surface area contributed by atoms with E-state index in [0.717, 1.165) is 12.8 Å². The predicted octanol–water partition coefficient (Wildman–Crippen LogP) is 4.04. The minimum Gasteiger partial charge on any atom is -0.266 e. The Balaban J connectivity index is 2.46. The molecule has 0 radical (unpaired) electrons. The smallest absolute Gasteiger partial charge is 0.265 e. The van der Waals surface area contributed by atoms with Crippen LogP contribution in [0.1, 0.15) is 25.3 Å². The molecular formula is C16H19ClN2O2S. The van der Waals surface area contributed by atoms with Gasteiger partial charge in [0.25, 0.3) is 10.0 Å². The molecule has 0 aliphatic carbocycles. The second-order valence-corrected chi connectivity index (χ2v) is 7.27. The number of aryl methyl sites for hydroxylation is 1. The lowest BCUT2D eigenvalue weighted by atomic mass is 10.3. The van der Waals surface area contributed by atoms with Gasteiger partial charge in [0.05, 0.1) is 5.69 Å². The minimum atomic E-state index is -3.65. The molecule has 6 heteroatoms. The standard InChI is InChI=1S/C16H19ClN2O2S/c1-3-4-10-19(14-8-6-5-7-9-14)22(20,21)15-11-13(2)16(17)18-12-15/h5-9,11-12H,3-4,10H2,1-2H3. The number of pyridine rings is 1. The molecule has 2 aromatic rings. The number of hydrogen-bond donors (Lipinski definition) is 0. The van der Waals surface area contributed by atoms with Gasteiger partial charge in [-0.05, 0) is 37.1 Å². The maximum Gasteiger partial charge on any atom is 0.265 e. The monoisotopic (exact) mass is 338 g/mol. The summed E-state index contributed by atoms with van der Waals surface area (Å²) in [4.78, 5) is 4.12. The van der Waals surface area contributed by atoms with Gasteiger partial charge < -0.3 is 0 Å². The Labute approximate surface area is 136 Å². The summed E-state index contributed by atoms with van der Waals surface area (Å²) < 4.78 is 27.3. The van der Waals surface area contributed by atoms with Gasteiger partial charge in [-0.25, -0.2) is 13.4 Å². The van der Waals surface area contributed by atoms with Crippen molar-refractivity contribution in [2.45, 2.75) is 31.6 Å². The maximum atomic E-state index is 12.9. The molecule has 1 aromatic heterocycles. The van der Waals surface area contributed by atoms with Crippen LogP contribution in [0.2, 0.25) is 5.15 Å². The van der Waals surface area contributed by atoms with E-state index in [9.17, 15) is 8.42 Å². The van der Waals surface area contributed by atoms with E-state index in [2.05, 4.69) is 4.98 Å². The van der Waals surface area contributed by atoms with Crippen LogP contribution >= 0.6 is 11.6 Å². The normalized spacial score (nSPS) is 11.4. The Morgan fingerprint density at radius 3 is 2.50 bits per heavy atom. The largest absolute Gasteiger partial charge is 0.266 e. The van der Waals surface area contributed by atoms with Gasteiger partial charge in [0.2, 0.25) is 0 Å². The van der Waals surface area contributed by atoms with Gasteiger partial charge in [-0.3, -0.25) is 4.31 Å². The van der Waals surface area contributed by atoms with E-state index < -0.39 is 10.0 Å². The first kappa shape index (κ1) is 16.8. The van der Waals surface area contributed by atoms with Crippen LogP contribution in [-0.2, 0) is 10.0 Å². The number of para-hydroxylation sites is 1. The van der Waals surface area contributed by atoms with Gasteiger partial charge in [0, 0.05) is 12.7 Å². The summed E-state index contributed by atoms with van der Waals surface area (Å²) >= 11 is 5.89. The molecule has 1 heterocycles. The Hall–Kier alpha value is -1.59. The number of sulfonamides is 1. The van der Waals surface area contributed by atoms with Crippen LogP contribution in [-0.4, -0.2) is 19.9 Å². The number of aromatic nitrogens is 1. The molecule has 4 nitrogen and oxygen atoms in total. The van der Waals surface area contributed by atoms with Crippen LogP contribution < -0.4 is 4.31 Å². The van der Waals surface area contributed by atoms with Crippen molar-refractivity contribution in [2.24, 2.45) is 0 Å². The molecule has 0 bridgehead atoms. The van der Waals surface area contributed by atoms with Crippen LogP contribution in [0.5, 0.6) is 0 Å². The van der Waals surface area contributed by atoms with E-state index in [-0.39, 0.29) is 4.90 Å². The topological polar surface area (TPSA) is 50.3 Å². The van der Waals surface area contributed by atoms with E-state index in [4.69, 9.17) is 11.6 Å². The van der Waals surface area contributed by atoms with E-state index in [1.165, 1.54) is 10.5 Å². The zero-order valence-corrected chi connectivity index (χ0v) is 14.2. The van der Waals surface area contributed by atoms with Crippen LogP contribution in [0, 0.1) is 6.92 Å². The number of nitrogens with zero attached hydrogens (tertiary/aromatic N) is 2. The number of unbranched alkanes of at least 4 members (excludes halogenated alkanes) is 1.